The molecule has 2 saturated heterocycles. The van der Waals surface area contributed by atoms with Gasteiger partial charge in [-0.2, -0.15) is 0 Å². The van der Waals surface area contributed by atoms with E-state index in [1.165, 1.54) is 12.1 Å². The van der Waals surface area contributed by atoms with Gasteiger partial charge in [0.05, 0.1) is 11.1 Å². The van der Waals surface area contributed by atoms with Crippen molar-refractivity contribution in [2.24, 2.45) is 5.41 Å². The maximum atomic E-state index is 13.7. The maximum absolute atomic E-state index is 13.7. The maximum Gasteiger partial charge on any atom is 0.321 e. The molecule has 2 aliphatic rings. The van der Waals surface area contributed by atoms with Crippen LogP contribution in [-0.2, 0) is 9.53 Å². The summed E-state index contributed by atoms with van der Waals surface area (Å²) in [5.74, 6) is -0.608. The van der Waals surface area contributed by atoms with E-state index in [-0.39, 0.29) is 23.8 Å². The van der Waals surface area contributed by atoms with Gasteiger partial charge in [-0.15, -0.1) is 0 Å². The Kier molecular flexibility index (Phi) is 4.94. The number of nitrogens with one attached hydrogen (secondary N) is 1. The Morgan fingerprint density at radius 3 is 2.68 bits per heavy atom. The van der Waals surface area contributed by atoms with Gasteiger partial charge in [-0.3, -0.25) is 4.79 Å². The van der Waals surface area contributed by atoms with Crippen molar-refractivity contribution in [1.29, 1.82) is 0 Å². The summed E-state index contributed by atoms with van der Waals surface area (Å²) in [4.78, 5) is 28.3. The number of piperidine rings is 1. The molecule has 2 fully saturated rings. The first-order chi connectivity index (χ1) is 11.9. The minimum atomic E-state index is -0.477. The minimum absolute atomic E-state index is 0.0821. The minimum Gasteiger partial charge on any atom is -0.461 e. The molecule has 2 amide bonds. The quantitative estimate of drug-likeness (QED) is 0.851. The molecule has 0 saturated carbocycles. The van der Waals surface area contributed by atoms with Crippen molar-refractivity contribution in [1.82, 2.24) is 9.80 Å². The second kappa shape index (κ2) is 7.00. The first kappa shape index (κ1) is 17.7. The van der Waals surface area contributed by atoms with Crippen LogP contribution in [0.5, 0.6) is 0 Å². The lowest BCUT2D eigenvalue weighted by atomic mass is 9.76. The van der Waals surface area contributed by atoms with Gasteiger partial charge in [-0.05, 0) is 39.1 Å². The molecule has 1 atom stereocenters. The van der Waals surface area contributed by atoms with Crippen molar-refractivity contribution < 1.29 is 18.7 Å². The van der Waals surface area contributed by atoms with E-state index in [9.17, 15) is 14.0 Å². The number of carbonyl (C=O) groups is 2. The topological polar surface area (TPSA) is 61.9 Å². The fourth-order valence-electron chi connectivity index (χ4n) is 3.65. The SMILES string of the molecule is CN(C)CC1CC2(CCN(C(=O)Nc3ccccc3F)CC2)C(=O)O1. The van der Waals surface area contributed by atoms with Crippen molar-refractivity contribution >= 4 is 17.7 Å². The van der Waals surface area contributed by atoms with Crippen LogP contribution in [0.25, 0.3) is 0 Å². The van der Waals surface area contributed by atoms with Crippen LogP contribution in [-0.4, -0.2) is 61.6 Å². The number of likely N-dealkylation sites (tertiary alicyclic amines) is 1. The predicted octanol–water partition coefficient (Wildman–Crippen LogP) is 2.32. The number of benzene rings is 1. The van der Waals surface area contributed by atoms with Crippen molar-refractivity contribution in [2.75, 3.05) is 39.0 Å². The van der Waals surface area contributed by atoms with Crippen LogP contribution >= 0.6 is 0 Å². The molecule has 136 valence electrons. The fourth-order valence-corrected chi connectivity index (χ4v) is 3.65. The summed E-state index contributed by atoms with van der Waals surface area (Å²) in [7, 11) is 3.91. The second-order valence-electron chi connectivity index (χ2n) is 7.17. The molecule has 1 aromatic carbocycles. The molecule has 0 aliphatic carbocycles. The molecule has 0 radical (unpaired) electrons. The average molecular weight is 349 g/mol. The van der Waals surface area contributed by atoms with Gasteiger partial charge in [0.25, 0.3) is 0 Å². The molecule has 6 nitrogen and oxygen atoms in total. The number of esters is 1. The summed E-state index contributed by atoms with van der Waals surface area (Å²) < 4.78 is 19.2. The van der Waals surface area contributed by atoms with Crippen molar-refractivity contribution in [2.45, 2.75) is 25.4 Å². The number of amides is 2. The number of ether oxygens (including phenoxy) is 1. The van der Waals surface area contributed by atoms with Crippen molar-refractivity contribution in [3.8, 4) is 0 Å². The van der Waals surface area contributed by atoms with Crippen LogP contribution in [0.3, 0.4) is 0 Å². The molecule has 3 rings (SSSR count). The van der Waals surface area contributed by atoms with Crippen molar-refractivity contribution in [3.05, 3.63) is 30.1 Å². The Morgan fingerprint density at radius 1 is 1.36 bits per heavy atom. The molecule has 1 unspecified atom stereocenters. The largest absolute Gasteiger partial charge is 0.461 e. The summed E-state index contributed by atoms with van der Waals surface area (Å²) in [5.41, 5.74) is -0.311. The highest BCUT2D eigenvalue weighted by Crippen LogP contribution is 2.43. The average Bonchev–Trinajstić information content (AvgIpc) is 2.84. The first-order valence-electron chi connectivity index (χ1n) is 8.56. The van der Waals surface area contributed by atoms with Gasteiger partial charge in [-0.1, -0.05) is 12.1 Å². The monoisotopic (exact) mass is 349 g/mol. The van der Waals surface area contributed by atoms with Crippen LogP contribution in [0.1, 0.15) is 19.3 Å². The van der Waals surface area contributed by atoms with E-state index in [1.54, 1.807) is 17.0 Å². The number of halogens is 1. The number of hydrogen-bond acceptors (Lipinski definition) is 4. The molecule has 1 spiro atoms. The third-order valence-corrected chi connectivity index (χ3v) is 5.02. The standard InChI is InChI=1S/C18H24FN3O3/c1-21(2)12-13-11-18(16(23)25-13)7-9-22(10-8-18)17(24)20-15-6-4-3-5-14(15)19/h3-6,13H,7-12H2,1-2H3,(H,20,24). The lowest BCUT2D eigenvalue weighted by Gasteiger charge is -2.36. The molecule has 0 bridgehead atoms. The number of nitrogens with zero attached hydrogens (tertiary/aromatic N) is 2. The van der Waals surface area contributed by atoms with Gasteiger partial charge in [0, 0.05) is 26.1 Å². The van der Waals surface area contributed by atoms with Gasteiger partial charge >= 0.3 is 12.0 Å². The number of hydrogen-bond donors (Lipinski definition) is 1. The summed E-state index contributed by atoms with van der Waals surface area (Å²) >= 11 is 0. The lowest BCUT2D eigenvalue weighted by molar-refractivity contribution is -0.150. The van der Waals surface area contributed by atoms with E-state index in [2.05, 4.69) is 5.32 Å². The molecule has 2 heterocycles. The third-order valence-electron chi connectivity index (χ3n) is 5.02. The number of urea groups is 1. The Labute approximate surface area is 146 Å². The number of carbonyl (C=O) groups excluding carboxylic acids is 2. The van der Waals surface area contributed by atoms with E-state index < -0.39 is 11.2 Å². The Bertz CT molecular complexity index is 657. The Balaban J connectivity index is 1.57. The smallest absolute Gasteiger partial charge is 0.321 e. The van der Waals surface area contributed by atoms with Crippen LogP contribution in [0.15, 0.2) is 24.3 Å². The van der Waals surface area contributed by atoms with Gasteiger partial charge < -0.3 is 19.9 Å². The predicted molar refractivity (Wildman–Crippen MR) is 91.7 cm³/mol. The van der Waals surface area contributed by atoms with Crippen LogP contribution in [0.4, 0.5) is 14.9 Å². The van der Waals surface area contributed by atoms with E-state index in [1.807, 2.05) is 19.0 Å². The molecule has 7 heteroatoms. The fraction of sp³-hybridized carbons (Fsp3) is 0.556. The summed E-state index contributed by atoms with van der Waals surface area (Å²) in [6, 6.07) is 5.74. The van der Waals surface area contributed by atoms with Gasteiger partial charge in [0.1, 0.15) is 11.9 Å². The molecule has 0 aromatic heterocycles. The van der Waals surface area contributed by atoms with E-state index in [0.717, 1.165) is 0 Å². The van der Waals surface area contributed by atoms with Gasteiger partial charge in [0.2, 0.25) is 0 Å². The normalized spacial score (nSPS) is 22.3. The number of rotatable bonds is 3. The number of cyclic esters (lactones) is 1. The Hall–Kier alpha value is -2.15. The molecule has 1 N–H and O–H groups in total. The number of anilines is 1. The highest BCUT2D eigenvalue weighted by molar-refractivity contribution is 5.89. The van der Waals surface area contributed by atoms with Gasteiger partial charge in [0.15, 0.2) is 0 Å². The van der Waals surface area contributed by atoms with E-state index >= 15 is 0 Å². The zero-order chi connectivity index (χ0) is 18.0. The second-order valence-corrected chi connectivity index (χ2v) is 7.17. The summed E-state index contributed by atoms with van der Waals surface area (Å²) in [6.07, 6.45) is 1.79. The molecule has 1 aromatic rings. The summed E-state index contributed by atoms with van der Waals surface area (Å²) in [5, 5.41) is 2.59. The molecular weight excluding hydrogens is 325 g/mol. The van der Waals surface area contributed by atoms with Crippen LogP contribution in [0.2, 0.25) is 0 Å². The lowest BCUT2D eigenvalue weighted by Crippen LogP contribution is -2.46. The van der Waals surface area contributed by atoms with Gasteiger partial charge in [-0.25, -0.2) is 9.18 Å². The van der Waals surface area contributed by atoms with E-state index in [0.29, 0.717) is 38.9 Å². The Morgan fingerprint density at radius 2 is 2.04 bits per heavy atom. The number of para-hydroxylation sites is 1. The molecule has 25 heavy (non-hydrogen) atoms. The van der Waals surface area contributed by atoms with Crippen molar-refractivity contribution in [3.63, 3.8) is 0 Å². The highest BCUT2D eigenvalue weighted by atomic mass is 19.1. The molecule has 2 aliphatic heterocycles. The third kappa shape index (κ3) is 3.76. The highest BCUT2D eigenvalue weighted by Gasteiger charge is 2.50. The zero-order valence-corrected chi connectivity index (χ0v) is 14.6. The molecular formula is C18H24FN3O3. The van der Waals surface area contributed by atoms with E-state index in [4.69, 9.17) is 4.74 Å². The first-order valence-corrected chi connectivity index (χ1v) is 8.56. The van der Waals surface area contributed by atoms with Crippen LogP contribution < -0.4 is 5.32 Å². The zero-order valence-electron chi connectivity index (χ0n) is 14.6. The summed E-state index contributed by atoms with van der Waals surface area (Å²) in [6.45, 7) is 1.64. The number of likely N-dealkylation sites (N-methyl/N-ethyl adjacent to an activating group) is 1. The van der Waals surface area contributed by atoms with Crippen LogP contribution in [0, 0.1) is 11.2 Å².